The zero-order valence-corrected chi connectivity index (χ0v) is 15.6. The van der Waals surface area contributed by atoms with Gasteiger partial charge in [-0.2, -0.15) is 0 Å². The Balaban J connectivity index is 1.49. The van der Waals surface area contributed by atoms with E-state index in [-0.39, 0.29) is 6.03 Å². The normalized spacial score (nSPS) is 10.6. The van der Waals surface area contributed by atoms with Gasteiger partial charge in [-0.05, 0) is 48.4 Å². The zero-order valence-electron chi connectivity index (χ0n) is 15.6. The summed E-state index contributed by atoms with van der Waals surface area (Å²) in [4.78, 5) is 19.7. The molecule has 140 valence electrons. The number of benzene rings is 2. The van der Waals surface area contributed by atoms with Gasteiger partial charge in [-0.3, -0.25) is 4.98 Å². The molecule has 0 saturated heterocycles. The van der Waals surface area contributed by atoms with Crippen molar-refractivity contribution in [2.45, 2.75) is 6.92 Å². The molecular weight excluding hydrogens is 352 g/mol. The van der Waals surface area contributed by atoms with Crippen molar-refractivity contribution in [1.82, 2.24) is 9.97 Å². The maximum Gasteiger partial charge on any atom is 0.323 e. The first-order chi connectivity index (χ1) is 13.6. The summed E-state index contributed by atoms with van der Waals surface area (Å²) in [5.41, 5.74) is 5.51. The summed E-state index contributed by atoms with van der Waals surface area (Å²) in [6, 6.07) is 15.0. The number of carbonyl (C=O) groups excluding carboxylic acids is 1. The minimum atomic E-state index is -0.324. The average Bonchev–Trinajstić information content (AvgIpc) is 3.13. The Hall–Kier alpha value is -3.80. The molecule has 0 bridgehead atoms. The van der Waals surface area contributed by atoms with Crippen LogP contribution >= 0.6 is 0 Å². The van der Waals surface area contributed by atoms with Crippen molar-refractivity contribution in [2.24, 2.45) is 0 Å². The molecular formula is C22H20N4O2. The van der Waals surface area contributed by atoms with Crippen LogP contribution in [0.1, 0.15) is 5.56 Å². The summed E-state index contributed by atoms with van der Waals surface area (Å²) in [5, 5.41) is 6.79. The van der Waals surface area contributed by atoms with E-state index in [9.17, 15) is 4.79 Å². The molecule has 0 unspecified atom stereocenters. The number of pyridine rings is 1. The molecule has 0 saturated carbocycles. The molecule has 0 spiro atoms. The van der Waals surface area contributed by atoms with E-state index in [2.05, 4.69) is 20.6 Å². The third-order valence-corrected chi connectivity index (χ3v) is 4.54. The number of rotatable bonds is 4. The standard InChI is InChI=1S/C22H20N4O2/c1-14-3-8-21(28-2)19(11-14)26-22(27)25-16-6-4-15(5-7-16)18-12-24-20-13-23-10-9-17(18)20/h3-13,24H,1-2H3,(H2,25,26,27). The van der Waals surface area contributed by atoms with Crippen LogP contribution in [0.3, 0.4) is 0 Å². The van der Waals surface area contributed by atoms with Gasteiger partial charge in [-0.25, -0.2) is 4.79 Å². The first-order valence-electron chi connectivity index (χ1n) is 8.88. The van der Waals surface area contributed by atoms with Gasteiger partial charge in [0.15, 0.2) is 0 Å². The molecule has 0 fully saturated rings. The lowest BCUT2D eigenvalue weighted by Crippen LogP contribution is -2.19. The van der Waals surface area contributed by atoms with Crippen LogP contribution in [0.5, 0.6) is 5.75 Å². The number of nitrogens with one attached hydrogen (secondary N) is 3. The van der Waals surface area contributed by atoms with Crippen molar-refractivity contribution < 1.29 is 9.53 Å². The molecule has 3 N–H and O–H groups in total. The topological polar surface area (TPSA) is 79.0 Å². The van der Waals surface area contributed by atoms with Gasteiger partial charge in [0.05, 0.1) is 24.5 Å². The summed E-state index contributed by atoms with van der Waals surface area (Å²) in [7, 11) is 1.58. The fraction of sp³-hybridized carbons (Fsp3) is 0.0909. The number of fused-ring (bicyclic) bond motifs is 1. The molecule has 0 radical (unpaired) electrons. The Morgan fingerprint density at radius 2 is 1.89 bits per heavy atom. The van der Waals surface area contributed by atoms with Crippen LogP contribution in [0, 0.1) is 6.92 Å². The number of anilines is 2. The first-order valence-corrected chi connectivity index (χ1v) is 8.88. The van der Waals surface area contributed by atoms with Gasteiger partial charge in [0.2, 0.25) is 0 Å². The fourth-order valence-electron chi connectivity index (χ4n) is 3.15. The number of aromatic nitrogens is 2. The van der Waals surface area contributed by atoms with Gasteiger partial charge in [0.25, 0.3) is 0 Å². The van der Waals surface area contributed by atoms with Gasteiger partial charge >= 0.3 is 6.03 Å². The van der Waals surface area contributed by atoms with Gasteiger partial charge < -0.3 is 20.4 Å². The quantitative estimate of drug-likeness (QED) is 0.461. The van der Waals surface area contributed by atoms with Crippen molar-refractivity contribution >= 4 is 28.3 Å². The molecule has 28 heavy (non-hydrogen) atoms. The van der Waals surface area contributed by atoms with E-state index < -0.39 is 0 Å². The number of amides is 2. The summed E-state index contributed by atoms with van der Waals surface area (Å²) >= 11 is 0. The second-order valence-corrected chi connectivity index (χ2v) is 6.48. The minimum Gasteiger partial charge on any atom is -0.495 e. The zero-order chi connectivity index (χ0) is 19.5. The van der Waals surface area contributed by atoms with Crippen LogP contribution in [0.2, 0.25) is 0 Å². The van der Waals surface area contributed by atoms with Crippen LogP contribution in [0.25, 0.3) is 22.0 Å². The number of hydrogen-bond acceptors (Lipinski definition) is 3. The van der Waals surface area contributed by atoms with Crippen molar-refractivity contribution in [3.8, 4) is 16.9 Å². The molecule has 2 aromatic carbocycles. The van der Waals surface area contributed by atoms with Crippen LogP contribution < -0.4 is 15.4 Å². The third-order valence-electron chi connectivity index (χ3n) is 4.54. The van der Waals surface area contributed by atoms with Crippen LogP contribution in [-0.4, -0.2) is 23.1 Å². The molecule has 0 atom stereocenters. The fourth-order valence-corrected chi connectivity index (χ4v) is 3.15. The molecule has 4 aromatic rings. The summed E-state index contributed by atoms with van der Waals surface area (Å²) in [6.45, 7) is 1.96. The van der Waals surface area contributed by atoms with Crippen molar-refractivity contribution in [3.63, 3.8) is 0 Å². The number of hydrogen-bond donors (Lipinski definition) is 3. The lowest BCUT2D eigenvalue weighted by atomic mass is 10.1. The Labute approximate surface area is 162 Å². The minimum absolute atomic E-state index is 0.324. The number of carbonyl (C=O) groups is 1. The highest BCUT2D eigenvalue weighted by Crippen LogP contribution is 2.29. The van der Waals surface area contributed by atoms with E-state index in [1.165, 1.54) is 0 Å². The van der Waals surface area contributed by atoms with Gasteiger partial charge in [0.1, 0.15) is 5.75 Å². The summed E-state index contributed by atoms with van der Waals surface area (Å²) in [6.07, 6.45) is 5.55. The molecule has 2 heterocycles. The van der Waals surface area contributed by atoms with Crippen LogP contribution in [0.4, 0.5) is 16.2 Å². The second kappa shape index (κ2) is 7.44. The molecule has 0 aliphatic heterocycles. The van der Waals surface area contributed by atoms with Crippen molar-refractivity contribution in [1.29, 1.82) is 0 Å². The van der Waals surface area contributed by atoms with Crippen LogP contribution in [-0.2, 0) is 0 Å². The van der Waals surface area contributed by atoms with Gasteiger partial charge in [-0.15, -0.1) is 0 Å². The molecule has 6 heteroatoms. The van der Waals surface area contributed by atoms with Gasteiger partial charge in [0, 0.05) is 29.0 Å². The van der Waals surface area contributed by atoms with Crippen molar-refractivity contribution in [2.75, 3.05) is 17.7 Å². The van der Waals surface area contributed by atoms with E-state index in [1.807, 2.05) is 61.7 Å². The largest absolute Gasteiger partial charge is 0.495 e. The lowest BCUT2D eigenvalue weighted by Gasteiger charge is -2.12. The smallest absolute Gasteiger partial charge is 0.323 e. The maximum absolute atomic E-state index is 12.4. The van der Waals surface area contributed by atoms with Crippen molar-refractivity contribution in [3.05, 3.63) is 72.7 Å². The highest BCUT2D eigenvalue weighted by molar-refractivity contribution is 6.01. The number of methoxy groups -OCH3 is 1. The number of ether oxygens (including phenoxy) is 1. The number of urea groups is 1. The molecule has 4 rings (SSSR count). The monoisotopic (exact) mass is 372 g/mol. The molecule has 0 aliphatic carbocycles. The molecule has 2 amide bonds. The Morgan fingerprint density at radius 3 is 2.68 bits per heavy atom. The number of H-pyrrole nitrogens is 1. The predicted molar refractivity (Wildman–Crippen MR) is 112 cm³/mol. The third kappa shape index (κ3) is 3.53. The Kier molecular flexibility index (Phi) is 4.68. The second-order valence-electron chi connectivity index (χ2n) is 6.48. The number of aryl methyl sites for hydroxylation is 1. The number of nitrogens with zero attached hydrogens (tertiary/aromatic N) is 1. The van der Waals surface area contributed by atoms with Gasteiger partial charge in [-0.1, -0.05) is 18.2 Å². The predicted octanol–water partition coefficient (Wildman–Crippen LogP) is 5.19. The first kappa shape index (κ1) is 17.6. The van der Waals surface area contributed by atoms with E-state index in [4.69, 9.17) is 4.74 Å². The SMILES string of the molecule is COc1ccc(C)cc1NC(=O)Nc1ccc(-c2c[nH]c3cnccc23)cc1. The van der Waals surface area contributed by atoms with E-state index in [0.29, 0.717) is 17.1 Å². The van der Waals surface area contributed by atoms with E-state index >= 15 is 0 Å². The summed E-state index contributed by atoms with van der Waals surface area (Å²) in [5.74, 6) is 0.616. The van der Waals surface area contributed by atoms with Crippen LogP contribution in [0.15, 0.2) is 67.1 Å². The van der Waals surface area contributed by atoms with E-state index in [1.54, 1.807) is 19.5 Å². The summed E-state index contributed by atoms with van der Waals surface area (Å²) < 4.78 is 5.29. The Morgan fingerprint density at radius 1 is 1.07 bits per heavy atom. The molecule has 6 nitrogen and oxygen atoms in total. The Bertz CT molecular complexity index is 1130. The number of aromatic amines is 1. The highest BCUT2D eigenvalue weighted by Gasteiger charge is 2.09. The average molecular weight is 372 g/mol. The highest BCUT2D eigenvalue weighted by atomic mass is 16.5. The molecule has 0 aliphatic rings. The maximum atomic E-state index is 12.4. The van der Waals surface area contributed by atoms with E-state index in [0.717, 1.165) is 27.6 Å². The lowest BCUT2D eigenvalue weighted by molar-refractivity contribution is 0.262. The molecule has 2 aromatic heterocycles.